The van der Waals surface area contributed by atoms with E-state index in [1.807, 2.05) is 67.7 Å². The van der Waals surface area contributed by atoms with Gasteiger partial charge in [0.2, 0.25) is 11.9 Å². The van der Waals surface area contributed by atoms with Gasteiger partial charge >= 0.3 is 0 Å². The number of piperidine rings is 1. The minimum absolute atomic E-state index is 0.0150. The Kier molecular flexibility index (Phi) is 7.52. The molecular weight excluding hydrogens is 436 g/mol. The van der Waals surface area contributed by atoms with Gasteiger partial charge in [-0.15, -0.1) is 0 Å². The highest BCUT2D eigenvalue weighted by atomic mass is 35.5. The molecule has 1 aromatic carbocycles. The van der Waals surface area contributed by atoms with E-state index >= 15 is 0 Å². The van der Waals surface area contributed by atoms with Crippen LogP contribution in [0.1, 0.15) is 36.7 Å². The van der Waals surface area contributed by atoms with Gasteiger partial charge in [-0.3, -0.25) is 14.7 Å². The molecule has 1 fully saturated rings. The standard InChI is InChI=1S/C25H29ClN6O/c1-31(2)25-29-16-21(18-8-7-9-19(26)14-18)24(30-25)22-11-4-6-13-32(22)17-23(33)28-15-20-10-3-5-12-27-20/h3,5,7-10,12,14,16,22H,4,6,11,13,15,17H2,1-2H3,(H,28,33). The van der Waals surface area contributed by atoms with Crippen molar-refractivity contribution in [3.63, 3.8) is 0 Å². The maximum atomic E-state index is 12.8. The molecule has 7 nitrogen and oxygen atoms in total. The number of halogens is 1. The van der Waals surface area contributed by atoms with Gasteiger partial charge in [0.25, 0.3) is 0 Å². The number of hydrogen-bond donors (Lipinski definition) is 1. The number of pyridine rings is 1. The van der Waals surface area contributed by atoms with E-state index in [-0.39, 0.29) is 11.9 Å². The van der Waals surface area contributed by atoms with Crippen molar-refractivity contribution >= 4 is 23.5 Å². The minimum atomic E-state index is -0.0150. The monoisotopic (exact) mass is 464 g/mol. The van der Waals surface area contributed by atoms with Crippen LogP contribution in [0.5, 0.6) is 0 Å². The van der Waals surface area contributed by atoms with E-state index < -0.39 is 0 Å². The van der Waals surface area contributed by atoms with Crippen LogP contribution in [0.25, 0.3) is 11.1 Å². The van der Waals surface area contributed by atoms with Gasteiger partial charge in [-0.05, 0) is 49.2 Å². The van der Waals surface area contributed by atoms with E-state index in [0.717, 1.165) is 48.3 Å². The van der Waals surface area contributed by atoms with Gasteiger partial charge in [0, 0.05) is 37.1 Å². The molecule has 1 atom stereocenters. The van der Waals surface area contributed by atoms with Gasteiger partial charge in [-0.1, -0.05) is 36.2 Å². The van der Waals surface area contributed by atoms with E-state index in [2.05, 4.69) is 20.2 Å². The molecule has 1 N–H and O–H groups in total. The lowest BCUT2D eigenvalue weighted by molar-refractivity contribution is -0.123. The number of rotatable bonds is 7. The maximum absolute atomic E-state index is 12.8. The number of nitrogens with zero attached hydrogens (tertiary/aromatic N) is 5. The third-order valence-electron chi connectivity index (χ3n) is 5.81. The fraction of sp³-hybridized carbons (Fsp3) is 0.360. The molecule has 1 amide bonds. The predicted octanol–water partition coefficient (Wildman–Crippen LogP) is 4.10. The number of amides is 1. The van der Waals surface area contributed by atoms with E-state index in [1.54, 1.807) is 6.20 Å². The minimum Gasteiger partial charge on any atom is -0.349 e. The van der Waals surface area contributed by atoms with Crippen LogP contribution in [0.15, 0.2) is 54.9 Å². The summed E-state index contributed by atoms with van der Waals surface area (Å²) in [4.78, 5) is 30.7. The second-order valence-electron chi connectivity index (χ2n) is 8.45. The van der Waals surface area contributed by atoms with Crippen LogP contribution in [0.2, 0.25) is 5.02 Å². The molecular formula is C25H29ClN6O. The zero-order valence-corrected chi connectivity index (χ0v) is 19.8. The number of carbonyl (C=O) groups excluding carboxylic acids is 1. The summed E-state index contributed by atoms with van der Waals surface area (Å²) in [5.74, 6) is 0.639. The molecule has 4 rings (SSSR count). The number of anilines is 1. The molecule has 3 heterocycles. The van der Waals surface area contributed by atoms with Crippen LogP contribution in [0, 0.1) is 0 Å². The van der Waals surface area contributed by atoms with E-state index in [9.17, 15) is 4.79 Å². The average molecular weight is 465 g/mol. The van der Waals surface area contributed by atoms with Crippen LogP contribution < -0.4 is 10.2 Å². The number of likely N-dealkylation sites (tertiary alicyclic amines) is 1. The molecule has 33 heavy (non-hydrogen) atoms. The summed E-state index contributed by atoms with van der Waals surface area (Å²) < 4.78 is 0. The molecule has 0 radical (unpaired) electrons. The first-order valence-corrected chi connectivity index (χ1v) is 11.6. The highest BCUT2D eigenvalue weighted by molar-refractivity contribution is 6.30. The molecule has 1 saturated heterocycles. The van der Waals surface area contributed by atoms with Crippen molar-refractivity contribution in [3.8, 4) is 11.1 Å². The number of hydrogen-bond acceptors (Lipinski definition) is 6. The third kappa shape index (κ3) is 5.86. The van der Waals surface area contributed by atoms with Crippen LogP contribution in [0.3, 0.4) is 0 Å². The van der Waals surface area contributed by atoms with Gasteiger partial charge < -0.3 is 10.2 Å². The molecule has 8 heteroatoms. The fourth-order valence-electron chi connectivity index (χ4n) is 4.16. The summed E-state index contributed by atoms with van der Waals surface area (Å²) in [6.07, 6.45) is 6.69. The van der Waals surface area contributed by atoms with Gasteiger partial charge in [-0.25, -0.2) is 9.97 Å². The lowest BCUT2D eigenvalue weighted by atomic mass is 9.94. The quantitative estimate of drug-likeness (QED) is 0.567. The third-order valence-corrected chi connectivity index (χ3v) is 6.05. The highest BCUT2D eigenvalue weighted by Crippen LogP contribution is 2.36. The van der Waals surface area contributed by atoms with Crippen molar-refractivity contribution in [1.29, 1.82) is 0 Å². The Balaban J connectivity index is 1.59. The first kappa shape index (κ1) is 23.1. The van der Waals surface area contributed by atoms with Crippen LogP contribution in [-0.2, 0) is 11.3 Å². The summed E-state index contributed by atoms with van der Waals surface area (Å²) in [6, 6.07) is 13.5. The lowest BCUT2D eigenvalue weighted by Gasteiger charge is -2.36. The smallest absolute Gasteiger partial charge is 0.234 e. The summed E-state index contributed by atoms with van der Waals surface area (Å²) in [6.45, 7) is 1.58. The number of benzene rings is 1. The Bertz CT molecular complexity index is 1090. The van der Waals surface area contributed by atoms with Crippen LogP contribution in [0.4, 0.5) is 5.95 Å². The predicted molar refractivity (Wildman–Crippen MR) is 131 cm³/mol. The number of aromatic nitrogens is 3. The Morgan fingerprint density at radius 2 is 2.06 bits per heavy atom. The van der Waals surface area contributed by atoms with Gasteiger partial charge in [0.1, 0.15) is 0 Å². The lowest BCUT2D eigenvalue weighted by Crippen LogP contribution is -2.42. The zero-order valence-electron chi connectivity index (χ0n) is 19.0. The first-order chi connectivity index (χ1) is 16.0. The van der Waals surface area contributed by atoms with E-state index in [0.29, 0.717) is 24.1 Å². The fourth-order valence-corrected chi connectivity index (χ4v) is 4.35. The highest BCUT2D eigenvalue weighted by Gasteiger charge is 2.29. The molecule has 0 spiro atoms. The molecule has 172 valence electrons. The molecule has 3 aromatic rings. The number of carbonyl (C=O) groups is 1. The van der Waals surface area contributed by atoms with Crippen molar-refractivity contribution in [1.82, 2.24) is 25.2 Å². The van der Waals surface area contributed by atoms with Crippen molar-refractivity contribution in [3.05, 3.63) is 71.3 Å². The van der Waals surface area contributed by atoms with Crippen molar-refractivity contribution < 1.29 is 4.79 Å². The number of nitrogens with one attached hydrogen (secondary N) is 1. The second kappa shape index (κ2) is 10.7. The van der Waals surface area contributed by atoms with Gasteiger partial charge in [0.05, 0.1) is 30.5 Å². The molecule has 1 unspecified atom stereocenters. The van der Waals surface area contributed by atoms with Gasteiger partial charge in [-0.2, -0.15) is 0 Å². The Morgan fingerprint density at radius 3 is 2.82 bits per heavy atom. The molecule has 0 bridgehead atoms. The summed E-state index contributed by atoms with van der Waals surface area (Å²) in [5, 5.41) is 3.67. The Labute approximate surface area is 199 Å². The summed E-state index contributed by atoms with van der Waals surface area (Å²) in [5.41, 5.74) is 3.71. The van der Waals surface area contributed by atoms with Gasteiger partial charge in [0.15, 0.2) is 0 Å². The molecule has 0 saturated carbocycles. The van der Waals surface area contributed by atoms with E-state index in [4.69, 9.17) is 16.6 Å². The van der Waals surface area contributed by atoms with Crippen LogP contribution >= 0.6 is 11.6 Å². The molecule has 1 aliphatic heterocycles. The Morgan fingerprint density at radius 1 is 1.18 bits per heavy atom. The normalized spacial score (nSPS) is 16.4. The zero-order chi connectivity index (χ0) is 23.2. The molecule has 0 aliphatic carbocycles. The van der Waals surface area contributed by atoms with Crippen molar-refractivity contribution in [2.45, 2.75) is 31.8 Å². The maximum Gasteiger partial charge on any atom is 0.234 e. The summed E-state index contributed by atoms with van der Waals surface area (Å²) >= 11 is 6.28. The molecule has 2 aromatic heterocycles. The van der Waals surface area contributed by atoms with E-state index in [1.165, 1.54) is 0 Å². The SMILES string of the molecule is CN(C)c1ncc(-c2cccc(Cl)c2)c(C2CCCCN2CC(=O)NCc2ccccn2)n1. The first-order valence-electron chi connectivity index (χ1n) is 11.2. The molecule has 1 aliphatic rings. The summed E-state index contributed by atoms with van der Waals surface area (Å²) in [7, 11) is 3.86. The second-order valence-corrected chi connectivity index (χ2v) is 8.89. The Hall–Kier alpha value is -3.03. The largest absolute Gasteiger partial charge is 0.349 e. The van der Waals surface area contributed by atoms with Crippen molar-refractivity contribution in [2.75, 3.05) is 32.1 Å². The van der Waals surface area contributed by atoms with Crippen molar-refractivity contribution in [2.24, 2.45) is 0 Å². The average Bonchev–Trinajstić information content (AvgIpc) is 2.83. The topological polar surface area (TPSA) is 74.2 Å². The van der Waals surface area contributed by atoms with Crippen LogP contribution in [-0.4, -0.2) is 52.9 Å².